The minimum Gasteiger partial charge on any atom is -0.481 e. The topological polar surface area (TPSA) is 52.6 Å². The first-order chi connectivity index (χ1) is 11.1. The van der Waals surface area contributed by atoms with Crippen molar-refractivity contribution in [1.82, 2.24) is 10.2 Å². The molecule has 0 aromatic rings. The fourth-order valence-electron chi connectivity index (χ4n) is 2.70. The number of likely N-dealkylation sites (N-methyl/N-ethyl adjacent to an activating group) is 1. The molecule has 0 amide bonds. The van der Waals surface area contributed by atoms with E-state index >= 15 is 0 Å². The van der Waals surface area contributed by atoms with Crippen LogP contribution in [0.2, 0.25) is 0 Å². The van der Waals surface area contributed by atoms with Gasteiger partial charge in [0, 0.05) is 19.1 Å². The molecule has 0 aliphatic heterocycles. The van der Waals surface area contributed by atoms with Crippen LogP contribution in [0.25, 0.3) is 0 Å². The van der Waals surface area contributed by atoms with Crippen LogP contribution in [-0.4, -0.2) is 48.7 Å². The fraction of sp³-hybridized carbons (Fsp3) is 0.947. The molecule has 2 N–H and O–H groups in total. The minimum absolute atomic E-state index is 0.222. The molecule has 0 saturated carbocycles. The average molecular weight is 329 g/mol. The quantitative estimate of drug-likeness (QED) is 0.391. The van der Waals surface area contributed by atoms with Gasteiger partial charge in [-0.2, -0.15) is 0 Å². The van der Waals surface area contributed by atoms with Gasteiger partial charge in [-0.05, 0) is 26.9 Å². The molecule has 0 aliphatic carbocycles. The first-order valence-corrected chi connectivity index (χ1v) is 9.70. The predicted octanol–water partition coefficient (Wildman–Crippen LogP) is 4.29. The Balaban J connectivity index is 3.27. The summed E-state index contributed by atoms with van der Waals surface area (Å²) in [6.07, 6.45) is 13.9. The molecule has 4 heteroatoms. The summed E-state index contributed by atoms with van der Waals surface area (Å²) >= 11 is 0. The number of nitrogens with one attached hydrogen (secondary N) is 1. The lowest BCUT2D eigenvalue weighted by Crippen LogP contribution is -2.39. The molecule has 0 aliphatic rings. The summed E-state index contributed by atoms with van der Waals surface area (Å²) in [7, 11) is 2.00. The summed E-state index contributed by atoms with van der Waals surface area (Å²) in [5.74, 6) is -0.720. The molecule has 0 heterocycles. The molecule has 1 atom stereocenters. The monoisotopic (exact) mass is 328 g/mol. The normalized spacial score (nSPS) is 12.7. The van der Waals surface area contributed by atoms with Gasteiger partial charge in [0.15, 0.2) is 0 Å². The Morgan fingerprint density at radius 1 is 1.00 bits per heavy atom. The van der Waals surface area contributed by atoms with Crippen LogP contribution in [0.5, 0.6) is 0 Å². The van der Waals surface area contributed by atoms with E-state index in [1.54, 1.807) is 0 Å². The number of carboxylic acid groups (broad SMARTS) is 1. The average Bonchev–Trinajstić information content (AvgIpc) is 2.53. The number of rotatable bonds is 17. The standard InChI is InChI=1S/C19H40N2O2/c1-4-5-6-7-8-9-10-11-12-13-15-20-17-18(2)21(3)16-14-19(22)23/h18,20H,4-17H2,1-3H3,(H,22,23). The van der Waals surface area contributed by atoms with Crippen molar-refractivity contribution in [3.8, 4) is 0 Å². The molecule has 0 rings (SSSR count). The Bertz CT molecular complexity index is 272. The Morgan fingerprint density at radius 3 is 2.04 bits per heavy atom. The van der Waals surface area contributed by atoms with Crippen molar-refractivity contribution in [2.24, 2.45) is 0 Å². The van der Waals surface area contributed by atoms with E-state index in [4.69, 9.17) is 5.11 Å². The Morgan fingerprint density at radius 2 is 1.52 bits per heavy atom. The highest BCUT2D eigenvalue weighted by molar-refractivity contribution is 5.66. The lowest BCUT2D eigenvalue weighted by atomic mass is 10.1. The Labute approximate surface area is 144 Å². The van der Waals surface area contributed by atoms with Crippen LogP contribution >= 0.6 is 0 Å². The predicted molar refractivity (Wildman–Crippen MR) is 99.1 cm³/mol. The van der Waals surface area contributed by atoms with Gasteiger partial charge in [0.25, 0.3) is 0 Å². The number of carbonyl (C=O) groups is 1. The van der Waals surface area contributed by atoms with Crippen molar-refractivity contribution >= 4 is 5.97 Å². The van der Waals surface area contributed by atoms with E-state index in [1.165, 1.54) is 64.2 Å². The summed E-state index contributed by atoms with van der Waals surface area (Å²) in [6, 6.07) is 0.387. The van der Waals surface area contributed by atoms with Crippen LogP contribution in [0, 0.1) is 0 Å². The van der Waals surface area contributed by atoms with E-state index in [0.717, 1.165) is 13.1 Å². The number of aliphatic carboxylic acids is 1. The second kappa shape index (κ2) is 16.3. The molecule has 0 radical (unpaired) electrons. The van der Waals surface area contributed by atoms with E-state index in [-0.39, 0.29) is 6.42 Å². The first kappa shape index (κ1) is 22.4. The molecule has 1 unspecified atom stereocenters. The summed E-state index contributed by atoms with van der Waals surface area (Å²) in [4.78, 5) is 12.7. The highest BCUT2D eigenvalue weighted by Gasteiger charge is 2.09. The number of carboxylic acids is 1. The van der Waals surface area contributed by atoms with Crippen molar-refractivity contribution in [1.29, 1.82) is 0 Å². The summed E-state index contributed by atoms with van der Waals surface area (Å²) in [6.45, 7) is 7.05. The maximum absolute atomic E-state index is 10.6. The number of hydrogen-bond acceptors (Lipinski definition) is 3. The van der Waals surface area contributed by atoms with Crippen LogP contribution in [0.15, 0.2) is 0 Å². The minimum atomic E-state index is -0.720. The summed E-state index contributed by atoms with van der Waals surface area (Å²) < 4.78 is 0. The third-order valence-electron chi connectivity index (χ3n) is 4.58. The molecule has 0 bridgehead atoms. The number of nitrogens with zero attached hydrogens (tertiary/aromatic N) is 1. The van der Waals surface area contributed by atoms with Gasteiger partial charge in [-0.15, -0.1) is 0 Å². The molecule has 0 saturated heterocycles. The van der Waals surface area contributed by atoms with Gasteiger partial charge in [0.2, 0.25) is 0 Å². The Hall–Kier alpha value is -0.610. The second-order valence-corrected chi connectivity index (χ2v) is 6.86. The molecule has 23 heavy (non-hydrogen) atoms. The highest BCUT2D eigenvalue weighted by Crippen LogP contribution is 2.10. The molecule has 0 aromatic heterocycles. The summed E-state index contributed by atoms with van der Waals surface area (Å²) in [5.41, 5.74) is 0. The molecule has 4 nitrogen and oxygen atoms in total. The second-order valence-electron chi connectivity index (χ2n) is 6.86. The van der Waals surface area contributed by atoms with Gasteiger partial charge in [-0.3, -0.25) is 4.79 Å². The van der Waals surface area contributed by atoms with Crippen molar-refractivity contribution < 1.29 is 9.90 Å². The van der Waals surface area contributed by atoms with Crippen LogP contribution in [0.3, 0.4) is 0 Å². The molecule has 0 spiro atoms. The van der Waals surface area contributed by atoms with Crippen molar-refractivity contribution in [2.75, 3.05) is 26.7 Å². The van der Waals surface area contributed by atoms with Gasteiger partial charge in [-0.25, -0.2) is 0 Å². The summed E-state index contributed by atoms with van der Waals surface area (Å²) in [5, 5.41) is 12.2. The first-order valence-electron chi connectivity index (χ1n) is 9.70. The largest absolute Gasteiger partial charge is 0.481 e. The molecular weight excluding hydrogens is 288 g/mol. The fourth-order valence-corrected chi connectivity index (χ4v) is 2.70. The number of hydrogen-bond donors (Lipinski definition) is 2. The zero-order chi connectivity index (χ0) is 17.3. The van der Waals surface area contributed by atoms with Gasteiger partial charge in [0.05, 0.1) is 6.42 Å². The van der Waals surface area contributed by atoms with Crippen LogP contribution in [0.4, 0.5) is 0 Å². The van der Waals surface area contributed by atoms with Crippen molar-refractivity contribution in [3.05, 3.63) is 0 Å². The maximum atomic E-state index is 10.6. The zero-order valence-electron chi connectivity index (χ0n) is 15.8. The van der Waals surface area contributed by atoms with E-state index in [2.05, 4.69) is 24.1 Å². The van der Waals surface area contributed by atoms with Gasteiger partial charge >= 0.3 is 5.97 Å². The van der Waals surface area contributed by atoms with Crippen LogP contribution in [0.1, 0.15) is 84.5 Å². The van der Waals surface area contributed by atoms with Crippen molar-refractivity contribution in [3.63, 3.8) is 0 Å². The maximum Gasteiger partial charge on any atom is 0.304 e. The van der Waals surface area contributed by atoms with Crippen LogP contribution in [-0.2, 0) is 4.79 Å². The molecular formula is C19H40N2O2. The molecule has 138 valence electrons. The smallest absolute Gasteiger partial charge is 0.304 e. The molecule has 0 aromatic carbocycles. The zero-order valence-corrected chi connectivity index (χ0v) is 15.8. The van der Waals surface area contributed by atoms with Gasteiger partial charge in [0.1, 0.15) is 0 Å². The van der Waals surface area contributed by atoms with Crippen LogP contribution < -0.4 is 5.32 Å². The third-order valence-corrected chi connectivity index (χ3v) is 4.58. The molecule has 0 fully saturated rings. The SMILES string of the molecule is CCCCCCCCCCCCNCC(C)N(C)CCC(=O)O. The van der Waals surface area contributed by atoms with Gasteiger partial charge < -0.3 is 15.3 Å². The lowest BCUT2D eigenvalue weighted by molar-refractivity contribution is -0.137. The van der Waals surface area contributed by atoms with E-state index < -0.39 is 5.97 Å². The van der Waals surface area contributed by atoms with Gasteiger partial charge in [-0.1, -0.05) is 64.7 Å². The van der Waals surface area contributed by atoms with E-state index in [9.17, 15) is 4.79 Å². The highest BCUT2D eigenvalue weighted by atomic mass is 16.4. The number of unbranched alkanes of at least 4 members (excludes halogenated alkanes) is 9. The Kier molecular flexibility index (Phi) is 15.8. The van der Waals surface area contributed by atoms with E-state index in [0.29, 0.717) is 12.6 Å². The third kappa shape index (κ3) is 16.0. The van der Waals surface area contributed by atoms with E-state index in [1.807, 2.05) is 7.05 Å². The lowest BCUT2D eigenvalue weighted by Gasteiger charge is -2.24. The van der Waals surface area contributed by atoms with Crippen molar-refractivity contribution in [2.45, 2.75) is 90.5 Å².